The highest BCUT2D eigenvalue weighted by molar-refractivity contribution is 5.76. The number of aromatic nitrogens is 4. The highest BCUT2D eigenvalue weighted by atomic mass is 16.1. The average molecular weight is 399 g/mol. The van der Waals surface area contributed by atoms with Crippen molar-refractivity contribution in [1.29, 1.82) is 0 Å². The van der Waals surface area contributed by atoms with E-state index in [-0.39, 0.29) is 11.9 Å². The predicted octanol–water partition coefficient (Wildman–Crippen LogP) is 3.34. The molecular formula is C22H34N6O. The molecule has 1 saturated heterocycles. The fraction of sp³-hybridized carbons (Fsp3) is 0.636. The minimum atomic E-state index is 0.0822. The SMILES string of the molecule is CCC[C@@H](NC(=O)CCCn1nnnc1CN1CCC(C)CC1)c1ccccc1. The lowest BCUT2D eigenvalue weighted by molar-refractivity contribution is -0.122. The number of carbonyl (C=O) groups excluding carboxylic acids is 1. The van der Waals surface area contributed by atoms with E-state index in [1.165, 1.54) is 18.4 Å². The molecule has 1 aromatic carbocycles. The van der Waals surface area contributed by atoms with Crippen molar-refractivity contribution >= 4 is 5.91 Å². The van der Waals surface area contributed by atoms with E-state index in [9.17, 15) is 4.79 Å². The maximum atomic E-state index is 12.5. The third kappa shape index (κ3) is 6.63. The summed E-state index contributed by atoms with van der Waals surface area (Å²) < 4.78 is 1.85. The quantitative estimate of drug-likeness (QED) is 0.664. The summed E-state index contributed by atoms with van der Waals surface area (Å²) >= 11 is 0. The highest BCUT2D eigenvalue weighted by Crippen LogP contribution is 2.19. The third-order valence-electron chi connectivity index (χ3n) is 5.74. The third-order valence-corrected chi connectivity index (χ3v) is 5.74. The van der Waals surface area contributed by atoms with Crippen LogP contribution in [0.2, 0.25) is 0 Å². The van der Waals surface area contributed by atoms with Crippen LogP contribution in [0.1, 0.15) is 69.8 Å². The predicted molar refractivity (Wildman–Crippen MR) is 113 cm³/mol. The van der Waals surface area contributed by atoms with Gasteiger partial charge in [0.15, 0.2) is 5.82 Å². The molecule has 7 heteroatoms. The minimum absolute atomic E-state index is 0.0822. The first kappa shape index (κ1) is 21.4. The molecule has 0 saturated carbocycles. The van der Waals surface area contributed by atoms with Crippen molar-refractivity contribution < 1.29 is 4.79 Å². The Balaban J connectivity index is 1.45. The van der Waals surface area contributed by atoms with Crippen molar-refractivity contribution in [2.45, 2.75) is 71.5 Å². The molecule has 1 aliphatic heterocycles. The van der Waals surface area contributed by atoms with E-state index in [1.54, 1.807) is 0 Å². The van der Waals surface area contributed by atoms with Crippen LogP contribution in [0.15, 0.2) is 30.3 Å². The molecule has 3 rings (SSSR count). The van der Waals surface area contributed by atoms with Gasteiger partial charge in [-0.25, -0.2) is 4.68 Å². The molecule has 2 aromatic rings. The smallest absolute Gasteiger partial charge is 0.220 e. The zero-order chi connectivity index (χ0) is 20.5. The molecule has 0 radical (unpaired) electrons. The van der Waals surface area contributed by atoms with E-state index >= 15 is 0 Å². The summed E-state index contributed by atoms with van der Waals surface area (Å²) in [6.07, 6.45) is 5.66. The standard InChI is InChI=1S/C22H34N6O/c1-3-8-20(19-9-5-4-6-10-19)23-22(29)11-7-14-28-21(24-25-26-28)17-27-15-12-18(2)13-16-27/h4-6,9-10,18,20H,3,7-8,11-17H2,1-2H3,(H,23,29)/t20-/m1/s1. The molecule has 0 bridgehead atoms. The number of aryl methyl sites for hydroxylation is 1. The van der Waals surface area contributed by atoms with Crippen LogP contribution in [0.3, 0.4) is 0 Å². The monoisotopic (exact) mass is 398 g/mol. The van der Waals surface area contributed by atoms with Crippen LogP contribution >= 0.6 is 0 Å². The number of rotatable bonds is 10. The summed E-state index contributed by atoms with van der Waals surface area (Å²) in [6, 6.07) is 10.3. The van der Waals surface area contributed by atoms with Crippen LogP contribution in [0, 0.1) is 5.92 Å². The van der Waals surface area contributed by atoms with Crippen molar-refractivity contribution in [3.8, 4) is 0 Å². The van der Waals surface area contributed by atoms with Gasteiger partial charge in [-0.2, -0.15) is 0 Å². The maximum Gasteiger partial charge on any atom is 0.220 e. The Kier molecular flexibility index (Phi) is 8.16. The fourth-order valence-electron chi connectivity index (χ4n) is 3.88. The zero-order valence-corrected chi connectivity index (χ0v) is 17.8. The van der Waals surface area contributed by atoms with E-state index in [4.69, 9.17) is 0 Å². The second-order valence-corrected chi connectivity index (χ2v) is 8.20. The fourth-order valence-corrected chi connectivity index (χ4v) is 3.88. The Morgan fingerprint density at radius 2 is 2.00 bits per heavy atom. The van der Waals surface area contributed by atoms with Gasteiger partial charge in [0.05, 0.1) is 12.6 Å². The summed E-state index contributed by atoms with van der Waals surface area (Å²) in [6.45, 7) is 8.13. The van der Waals surface area contributed by atoms with Crippen molar-refractivity contribution in [3.05, 3.63) is 41.7 Å². The lowest BCUT2D eigenvalue weighted by Gasteiger charge is -2.29. The number of hydrogen-bond donors (Lipinski definition) is 1. The van der Waals surface area contributed by atoms with E-state index in [0.29, 0.717) is 13.0 Å². The van der Waals surface area contributed by atoms with E-state index in [1.807, 2.05) is 22.9 Å². The van der Waals surface area contributed by atoms with Crippen LogP contribution in [0.5, 0.6) is 0 Å². The summed E-state index contributed by atoms with van der Waals surface area (Å²) in [7, 11) is 0. The first-order valence-corrected chi connectivity index (χ1v) is 11.0. The number of hydrogen-bond acceptors (Lipinski definition) is 5. The van der Waals surface area contributed by atoms with Crippen LogP contribution in [-0.4, -0.2) is 44.1 Å². The van der Waals surface area contributed by atoms with Crippen molar-refractivity contribution in [2.75, 3.05) is 13.1 Å². The van der Waals surface area contributed by atoms with E-state index < -0.39 is 0 Å². The molecule has 7 nitrogen and oxygen atoms in total. The number of likely N-dealkylation sites (tertiary alicyclic amines) is 1. The van der Waals surface area contributed by atoms with Gasteiger partial charge in [-0.3, -0.25) is 9.69 Å². The van der Waals surface area contributed by atoms with Gasteiger partial charge in [0.1, 0.15) is 0 Å². The molecule has 0 spiro atoms. The second kappa shape index (κ2) is 11.0. The van der Waals surface area contributed by atoms with Crippen molar-refractivity contribution in [3.63, 3.8) is 0 Å². The van der Waals surface area contributed by atoms with Crippen LogP contribution in [0.25, 0.3) is 0 Å². The van der Waals surface area contributed by atoms with E-state index in [2.05, 4.69) is 51.7 Å². The molecule has 1 atom stereocenters. The van der Waals surface area contributed by atoms with Gasteiger partial charge in [0.2, 0.25) is 5.91 Å². The molecule has 1 aromatic heterocycles. The summed E-state index contributed by atoms with van der Waals surface area (Å²) in [5, 5.41) is 15.4. The molecule has 2 heterocycles. The van der Waals surface area contributed by atoms with Gasteiger partial charge in [-0.15, -0.1) is 5.10 Å². The van der Waals surface area contributed by atoms with Crippen LogP contribution in [-0.2, 0) is 17.9 Å². The molecule has 1 amide bonds. The summed E-state index contributed by atoms with van der Waals surface area (Å²) in [4.78, 5) is 14.9. The molecule has 1 N–H and O–H groups in total. The zero-order valence-electron chi connectivity index (χ0n) is 17.8. The first-order valence-electron chi connectivity index (χ1n) is 11.0. The van der Waals surface area contributed by atoms with E-state index in [0.717, 1.165) is 50.6 Å². The van der Waals surface area contributed by atoms with Gasteiger partial charge < -0.3 is 5.32 Å². The normalized spacial score (nSPS) is 16.6. The molecular weight excluding hydrogens is 364 g/mol. The number of benzene rings is 1. The first-order chi connectivity index (χ1) is 14.2. The highest BCUT2D eigenvalue weighted by Gasteiger charge is 2.19. The summed E-state index contributed by atoms with van der Waals surface area (Å²) in [5.41, 5.74) is 1.17. The maximum absolute atomic E-state index is 12.5. The Labute approximate surface area is 173 Å². The van der Waals surface area contributed by atoms with Crippen molar-refractivity contribution in [2.24, 2.45) is 5.92 Å². The van der Waals surface area contributed by atoms with Gasteiger partial charge in [-0.05, 0) is 60.7 Å². The number of carbonyl (C=O) groups is 1. The van der Waals surface area contributed by atoms with Gasteiger partial charge in [-0.1, -0.05) is 50.6 Å². The number of nitrogens with one attached hydrogen (secondary N) is 1. The lowest BCUT2D eigenvalue weighted by atomic mass is 9.99. The molecule has 1 aliphatic rings. The summed E-state index contributed by atoms with van der Waals surface area (Å²) in [5.74, 6) is 1.80. The van der Waals surface area contributed by atoms with Crippen LogP contribution < -0.4 is 5.32 Å². The number of amides is 1. The van der Waals surface area contributed by atoms with Crippen LogP contribution in [0.4, 0.5) is 0 Å². The Bertz CT molecular complexity index is 739. The second-order valence-electron chi connectivity index (χ2n) is 8.20. The Hall–Kier alpha value is -2.28. The van der Waals surface area contributed by atoms with Gasteiger partial charge in [0, 0.05) is 13.0 Å². The molecule has 158 valence electrons. The topological polar surface area (TPSA) is 75.9 Å². The van der Waals surface area contributed by atoms with Gasteiger partial charge >= 0.3 is 0 Å². The largest absolute Gasteiger partial charge is 0.349 e. The number of piperidine rings is 1. The molecule has 29 heavy (non-hydrogen) atoms. The Morgan fingerprint density at radius 3 is 2.72 bits per heavy atom. The molecule has 1 fully saturated rings. The molecule has 0 unspecified atom stereocenters. The number of tetrazole rings is 1. The average Bonchev–Trinajstić information content (AvgIpc) is 3.17. The van der Waals surface area contributed by atoms with Gasteiger partial charge in [0.25, 0.3) is 0 Å². The lowest BCUT2D eigenvalue weighted by Crippen LogP contribution is -2.33. The van der Waals surface area contributed by atoms with Crippen molar-refractivity contribution in [1.82, 2.24) is 30.4 Å². The molecule has 0 aliphatic carbocycles. The Morgan fingerprint density at radius 1 is 1.24 bits per heavy atom. The number of nitrogens with zero attached hydrogens (tertiary/aromatic N) is 5. The minimum Gasteiger partial charge on any atom is -0.349 e.